The third kappa shape index (κ3) is 5.85. The molecule has 0 aliphatic carbocycles. The zero-order chi connectivity index (χ0) is 14.8. The van der Waals surface area contributed by atoms with E-state index in [0.717, 1.165) is 0 Å². The summed E-state index contributed by atoms with van der Waals surface area (Å²) in [6.45, 7) is 11.1. The van der Waals surface area contributed by atoms with Gasteiger partial charge >= 0.3 is 11.9 Å². The SMILES string of the molecule is CC(C)(C)OC(=O)C1CCC(C(=O)OC(C)(C)C)S1. The molecule has 2 unspecified atom stereocenters. The summed E-state index contributed by atoms with van der Waals surface area (Å²) in [5, 5.41) is -0.506. The number of hydrogen-bond donors (Lipinski definition) is 0. The molecular weight excluding hydrogens is 264 g/mol. The molecular formula is C14H24O4S. The van der Waals surface area contributed by atoms with Crippen molar-refractivity contribution in [3.05, 3.63) is 0 Å². The molecule has 1 rings (SSSR count). The second-order valence-corrected chi connectivity index (χ2v) is 8.17. The molecule has 0 bridgehead atoms. The number of carbonyl (C=O) groups is 2. The largest absolute Gasteiger partial charge is 0.459 e. The Balaban J connectivity index is 2.50. The normalized spacial score (nSPS) is 24.1. The summed E-state index contributed by atoms with van der Waals surface area (Å²) < 4.78 is 10.7. The molecule has 0 aromatic heterocycles. The van der Waals surface area contributed by atoms with E-state index in [-0.39, 0.29) is 22.4 Å². The van der Waals surface area contributed by atoms with Gasteiger partial charge in [0.25, 0.3) is 0 Å². The highest BCUT2D eigenvalue weighted by atomic mass is 32.2. The van der Waals surface area contributed by atoms with Gasteiger partial charge in [-0.1, -0.05) is 0 Å². The van der Waals surface area contributed by atoms with Gasteiger partial charge in [-0.25, -0.2) is 0 Å². The van der Waals surface area contributed by atoms with Crippen molar-refractivity contribution in [1.29, 1.82) is 0 Å². The zero-order valence-corrected chi connectivity index (χ0v) is 13.4. The van der Waals surface area contributed by atoms with E-state index in [4.69, 9.17) is 9.47 Å². The third-order valence-electron chi connectivity index (χ3n) is 2.36. The second kappa shape index (κ2) is 5.73. The molecule has 4 nitrogen and oxygen atoms in total. The minimum atomic E-state index is -0.484. The van der Waals surface area contributed by atoms with Crippen molar-refractivity contribution in [2.24, 2.45) is 0 Å². The number of esters is 2. The average molecular weight is 288 g/mol. The summed E-state index contributed by atoms with van der Waals surface area (Å²) in [7, 11) is 0. The molecule has 19 heavy (non-hydrogen) atoms. The molecule has 0 amide bonds. The van der Waals surface area contributed by atoms with Crippen molar-refractivity contribution >= 4 is 23.7 Å². The molecule has 1 heterocycles. The maximum Gasteiger partial charge on any atom is 0.319 e. The molecule has 1 fully saturated rings. The first kappa shape index (κ1) is 16.3. The Morgan fingerprint density at radius 2 is 1.16 bits per heavy atom. The van der Waals surface area contributed by atoms with E-state index in [1.807, 2.05) is 41.5 Å². The quantitative estimate of drug-likeness (QED) is 0.731. The van der Waals surface area contributed by atoms with Crippen LogP contribution in [-0.2, 0) is 19.1 Å². The third-order valence-corrected chi connectivity index (χ3v) is 3.87. The zero-order valence-electron chi connectivity index (χ0n) is 12.6. The standard InChI is InChI=1S/C14H24O4S/c1-13(2,3)17-11(15)9-7-8-10(19-9)12(16)18-14(4,5)6/h9-10H,7-8H2,1-6H3. The first-order chi connectivity index (χ1) is 8.48. The predicted octanol–water partition coefficient (Wildman–Crippen LogP) is 2.93. The Morgan fingerprint density at radius 1 is 0.842 bits per heavy atom. The minimum Gasteiger partial charge on any atom is -0.459 e. The summed E-state index contributed by atoms with van der Waals surface area (Å²) >= 11 is 1.36. The van der Waals surface area contributed by atoms with Gasteiger partial charge in [0.05, 0.1) is 0 Å². The highest BCUT2D eigenvalue weighted by molar-refractivity contribution is 8.02. The Bertz CT molecular complexity index is 317. The van der Waals surface area contributed by atoms with Gasteiger partial charge in [-0.05, 0) is 54.4 Å². The highest BCUT2D eigenvalue weighted by Crippen LogP contribution is 2.36. The fourth-order valence-electron chi connectivity index (χ4n) is 1.72. The van der Waals surface area contributed by atoms with Crippen LogP contribution in [0.3, 0.4) is 0 Å². The summed E-state index contributed by atoms with van der Waals surface area (Å²) in [5.41, 5.74) is -0.969. The van der Waals surface area contributed by atoms with Gasteiger partial charge in [0.2, 0.25) is 0 Å². The lowest BCUT2D eigenvalue weighted by molar-refractivity contribution is -0.155. The van der Waals surface area contributed by atoms with Crippen LogP contribution in [0.2, 0.25) is 0 Å². The van der Waals surface area contributed by atoms with Crippen molar-refractivity contribution in [1.82, 2.24) is 0 Å². The molecule has 5 heteroatoms. The maximum absolute atomic E-state index is 11.9. The van der Waals surface area contributed by atoms with Crippen LogP contribution in [0.5, 0.6) is 0 Å². The molecule has 0 aromatic rings. The van der Waals surface area contributed by atoms with Gasteiger partial charge in [0.1, 0.15) is 21.7 Å². The number of ether oxygens (including phenoxy) is 2. The predicted molar refractivity (Wildman–Crippen MR) is 76.1 cm³/mol. The molecule has 0 radical (unpaired) electrons. The van der Waals surface area contributed by atoms with Crippen molar-refractivity contribution in [3.63, 3.8) is 0 Å². The molecule has 0 spiro atoms. The topological polar surface area (TPSA) is 52.6 Å². The van der Waals surface area contributed by atoms with Crippen molar-refractivity contribution in [2.75, 3.05) is 0 Å². The van der Waals surface area contributed by atoms with Crippen molar-refractivity contribution < 1.29 is 19.1 Å². The van der Waals surface area contributed by atoms with Crippen LogP contribution < -0.4 is 0 Å². The van der Waals surface area contributed by atoms with Gasteiger partial charge in [-0.2, -0.15) is 0 Å². The first-order valence-electron chi connectivity index (χ1n) is 6.59. The van der Waals surface area contributed by atoms with Gasteiger partial charge in [-0.3, -0.25) is 9.59 Å². The fraction of sp³-hybridized carbons (Fsp3) is 0.857. The van der Waals surface area contributed by atoms with Crippen LogP contribution >= 0.6 is 11.8 Å². The summed E-state index contributed by atoms with van der Waals surface area (Å²) in [4.78, 5) is 23.8. The number of thioether (sulfide) groups is 1. The molecule has 110 valence electrons. The fourth-order valence-corrected chi connectivity index (χ4v) is 2.98. The number of carbonyl (C=O) groups excluding carboxylic acids is 2. The smallest absolute Gasteiger partial charge is 0.319 e. The lowest BCUT2D eigenvalue weighted by Gasteiger charge is -2.23. The van der Waals surface area contributed by atoms with Crippen LogP contribution in [0.15, 0.2) is 0 Å². The molecule has 0 N–H and O–H groups in total. The highest BCUT2D eigenvalue weighted by Gasteiger charge is 2.38. The first-order valence-corrected chi connectivity index (χ1v) is 7.53. The van der Waals surface area contributed by atoms with Gasteiger partial charge in [0.15, 0.2) is 0 Å². The molecule has 2 atom stereocenters. The number of hydrogen-bond acceptors (Lipinski definition) is 5. The van der Waals surface area contributed by atoms with E-state index >= 15 is 0 Å². The monoisotopic (exact) mass is 288 g/mol. The van der Waals surface area contributed by atoms with Gasteiger partial charge < -0.3 is 9.47 Å². The maximum atomic E-state index is 11.9. The molecule has 0 aromatic carbocycles. The van der Waals surface area contributed by atoms with E-state index in [1.54, 1.807) is 0 Å². The Morgan fingerprint density at radius 3 is 1.42 bits per heavy atom. The Hall–Kier alpha value is -0.710. The Labute approximate surface area is 119 Å². The summed E-state index contributed by atoms with van der Waals surface area (Å²) in [5.74, 6) is -0.466. The summed E-state index contributed by atoms with van der Waals surface area (Å²) in [6, 6.07) is 0. The minimum absolute atomic E-state index is 0.233. The van der Waals surface area contributed by atoms with Gasteiger partial charge in [-0.15, -0.1) is 11.8 Å². The van der Waals surface area contributed by atoms with Crippen molar-refractivity contribution in [2.45, 2.75) is 76.1 Å². The molecule has 1 aliphatic heterocycles. The number of rotatable bonds is 2. The van der Waals surface area contributed by atoms with Crippen LogP contribution in [0.25, 0.3) is 0 Å². The average Bonchev–Trinajstić information content (AvgIpc) is 2.60. The van der Waals surface area contributed by atoms with E-state index in [9.17, 15) is 9.59 Å². The van der Waals surface area contributed by atoms with Crippen LogP contribution in [0.1, 0.15) is 54.4 Å². The van der Waals surface area contributed by atoms with E-state index in [2.05, 4.69) is 0 Å². The summed E-state index contributed by atoms with van der Waals surface area (Å²) in [6.07, 6.45) is 1.34. The molecule has 0 saturated carbocycles. The molecule has 1 saturated heterocycles. The lowest BCUT2D eigenvalue weighted by Crippen LogP contribution is -2.30. The molecule has 1 aliphatic rings. The van der Waals surface area contributed by atoms with E-state index in [1.165, 1.54) is 11.8 Å². The lowest BCUT2D eigenvalue weighted by atomic mass is 10.1. The second-order valence-electron chi connectivity index (χ2n) is 6.76. The van der Waals surface area contributed by atoms with Crippen LogP contribution in [-0.4, -0.2) is 33.6 Å². The van der Waals surface area contributed by atoms with E-state index < -0.39 is 11.2 Å². The van der Waals surface area contributed by atoms with Crippen LogP contribution in [0.4, 0.5) is 0 Å². The van der Waals surface area contributed by atoms with Crippen molar-refractivity contribution in [3.8, 4) is 0 Å². The Kier molecular flexibility index (Phi) is 4.93. The van der Waals surface area contributed by atoms with E-state index in [0.29, 0.717) is 12.8 Å². The van der Waals surface area contributed by atoms with Crippen LogP contribution in [0, 0.1) is 0 Å². The van der Waals surface area contributed by atoms with Gasteiger partial charge in [0, 0.05) is 0 Å².